The molecular weight excluding hydrogens is 718 g/mol. The summed E-state index contributed by atoms with van der Waals surface area (Å²) in [5.74, 6) is -2.23. The van der Waals surface area contributed by atoms with E-state index in [1.807, 2.05) is 60.7 Å². The summed E-state index contributed by atoms with van der Waals surface area (Å²) < 4.78 is 16.1. The van der Waals surface area contributed by atoms with E-state index in [4.69, 9.17) is 14.2 Å². The van der Waals surface area contributed by atoms with Gasteiger partial charge in [0.05, 0.1) is 12.1 Å². The van der Waals surface area contributed by atoms with Crippen LogP contribution in [0.5, 0.6) is 5.75 Å². The maximum atomic E-state index is 13.5. The minimum Gasteiger partial charge on any atom is -0.445 e. The molecule has 0 heterocycles. The van der Waals surface area contributed by atoms with Gasteiger partial charge >= 0.3 is 18.2 Å². The molecule has 294 valence electrons. The number of carbonyl (C=O) groups is 6. The zero-order valence-electron chi connectivity index (χ0n) is 31.7. The Morgan fingerprint density at radius 3 is 1.79 bits per heavy atom. The molecule has 0 radical (unpaired) electrons. The van der Waals surface area contributed by atoms with E-state index < -0.39 is 66.3 Å². The van der Waals surface area contributed by atoms with Crippen LogP contribution in [0.2, 0.25) is 0 Å². The Hall–Kier alpha value is -6.70. The summed E-state index contributed by atoms with van der Waals surface area (Å²) in [6.45, 7) is 6.02. The molecule has 0 aliphatic carbocycles. The van der Waals surface area contributed by atoms with Crippen LogP contribution in [0.3, 0.4) is 0 Å². The Morgan fingerprint density at radius 1 is 0.607 bits per heavy atom. The van der Waals surface area contributed by atoms with Gasteiger partial charge in [0.15, 0.2) is 0 Å². The number of alkyl carbamates (subject to hydrolysis) is 2. The summed E-state index contributed by atoms with van der Waals surface area (Å²) >= 11 is 0. The van der Waals surface area contributed by atoms with Crippen molar-refractivity contribution in [1.82, 2.24) is 26.6 Å². The minimum atomic E-state index is -1.17. The van der Waals surface area contributed by atoms with Crippen molar-refractivity contribution in [2.45, 2.75) is 71.0 Å². The van der Waals surface area contributed by atoms with Crippen LogP contribution >= 0.6 is 0 Å². The molecule has 0 spiro atoms. The van der Waals surface area contributed by atoms with Crippen LogP contribution in [-0.4, -0.2) is 66.3 Å². The zero-order chi connectivity index (χ0) is 40.5. The Labute approximate surface area is 325 Å². The predicted octanol–water partition coefficient (Wildman–Crippen LogP) is 4.57. The van der Waals surface area contributed by atoms with E-state index in [1.165, 1.54) is 6.92 Å². The molecule has 4 aromatic carbocycles. The monoisotopic (exact) mass is 765 g/mol. The van der Waals surface area contributed by atoms with Gasteiger partial charge in [-0.15, -0.1) is 0 Å². The van der Waals surface area contributed by atoms with Crippen molar-refractivity contribution < 1.29 is 43.0 Å². The van der Waals surface area contributed by atoms with Gasteiger partial charge in [-0.3, -0.25) is 14.4 Å². The molecule has 4 aromatic rings. The normalized spacial score (nSPS) is 12.4. The molecule has 4 rings (SSSR count). The lowest BCUT2D eigenvalue weighted by Gasteiger charge is -2.24. The summed E-state index contributed by atoms with van der Waals surface area (Å²) in [5, 5.41) is 13.0. The average Bonchev–Trinajstić information content (AvgIpc) is 3.17. The van der Waals surface area contributed by atoms with Gasteiger partial charge in [-0.05, 0) is 68.7 Å². The van der Waals surface area contributed by atoms with Crippen molar-refractivity contribution in [3.63, 3.8) is 0 Å². The van der Waals surface area contributed by atoms with Crippen molar-refractivity contribution in [2.75, 3.05) is 6.54 Å². The second-order valence-corrected chi connectivity index (χ2v) is 13.8. The number of hydrogen-bond donors (Lipinski definition) is 5. The first-order valence-electron chi connectivity index (χ1n) is 18.0. The summed E-state index contributed by atoms with van der Waals surface area (Å²) in [5.41, 5.74) is 1.77. The molecule has 0 aromatic heterocycles. The highest BCUT2D eigenvalue weighted by atomic mass is 16.6. The number of ether oxygens (including phenoxy) is 3. The molecule has 0 aliphatic heterocycles. The third-order valence-corrected chi connectivity index (χ3v) is 7.89. The third kappa shape index (κ3) is 15.0. The van der Waals surface area contributed by atoms with Crippen molar-refractivity contribution >= 4 is 35.9 Å². The molecule has 0 unspecified atom stereocenters. The van der Waals surface area contributed by atoms with Crippen LogP contribution in [0.1, 0.15) is 54.7 Å². The quantitative estimate of drug-likeness (QED) is 0.0618. The molecule has 14 nitrogen and oxygen atoms in total. The highest BCUT2D eigenvalue weighted by Crippen LogP contribution is 2.16. The molecule has 0 aliphatic rings. The summed E-state index contributed by atoms with van der Waals surface area (Å²) in [6, 6.07) is 30.9. The van der Waals surface area contributed by atoms with Crippen molar-refractivity contribution in [2.24, 2.45) is 0 Å². The van der Waals surface area contributed by atoms with E-state index in [1.54, 1.807) is 75.4 Å². The number of amides is 5. The maximum Gasteiger partial charge on any atom is 0.409 e. The number of rotatable bonds is 16. The second kappa shape index (κ2) is 20.7. The second-order valence-electron chi connectivity index (χ2n) is 13.8. The maximum absolute atomic E-state index is 13.5. The summed E-state index contributed by atoms with van der Waals surface area (Å²) in [4.78, 5) is 77.2. The number of benzene rings is 4. The standard InChI is InChI=1S/C42H47N5O9/c1-28(37(49)43-26-36(48)46-35(25-29-14-8-5-9-15-29)47-40(52)54-27-31-16-10-6-11-17-31)44-38(50)34(45-41(53)56-42(2,3)4)24-30-20-22-33(23-21-30)55-39(51)32-18-12-7-13-19-32/h5-23,28,34-35H,24-27H2,1-4H3,(H,43,49)(H,44,50)(H,45,53)(H,46,48)(H,47,52)/t28-,34+,35+/m0/s1. The number of hydrogen-bond acceptors (Lipinski definition) is 9. The summed E-state index contributed by atoms with van der Waals surface area (Å²) in [7, 11) is 0. The lowest BCUT2D eigenvalue weighted by atomic mass is 10.0. The van der Waals surface area contributed by atoms with Crippen LogP contribution in [-0.2, 0) is 43.3 Å². The molecule has 5 amide bonds. The molecule has 5 N–H and O–H groups in total. The summed E-state index contributed by atoms with van der Waals surface area (Å²) in [6.07, 6.45) is -2.22. The highest BCUT2D eigenvalue weighted by Gasteiger charge is 2.28. The fourth-order valence-electron chi connectivity index (χ4n) is 5.17. The smallest absolute Gasteiger partial charge is 0.409 e. The topological polar surface area (TPSA) is 190 Å². The van der Waals surface area contributed by atoms with Crippen molar-refractivity contribution in [3.05, 3.63) is 138 Å². The lowest BCUT2D eigenvalue weighted by Crippen LogP contribution is -2.55. The van der Waals surface area contributed by atoms with E-state index in [9.17, 15) is 28.8 Å². The van der Waals surface area contributed by atoms with Crippen LogP contribution < -0.4 is 31.3 Å². The van der Waals surface area contributed by atoms with E-state index in [2.05, 4.69) is 26.6 Å². The fourth-order valence-corrected chi connectivity index (χ4v) is 5.17. The van der Waals surface area contributed by atoms with Gasteiger partial charge in [0.25, 0.3) is 0 Å². The molecular formula is C42H47N5O9. The van der Waals surface area contributed by atoms with Crippen LogP contribution in [0.15, 0.2) is 115 Å². The molecule has 0 saturated heterocycles. The zero-order valence-corrected chi connectivity index (χ0v) is 31.7. The van der Waals surface area contributed by atoms with E-state index in [0.717, 1.165) is 11.1 Å². The molecule has 0 saturated carbocycles. The first kappa shape index (κ1) is 42.0. The minimum absolute atomic E-state index is 0.00167. The SMILES string of the molecule is C[C@H](NC(=O)[C@@H](Cc1ccc(OC(=O)c2ccccc2)cc1)NC(=O)OC(C)(C)C)C(=O)NCC(=O)N[C@@H](Cc1ccccc1)NC(=O)OCc1ccccc1. The predicted molar refractivity (Wildman–Crippen MR) is 207 cm³/mol. The van der Waals surface area contributed by atoms with E-state index >= 15 is 0 Å². The van der Waals surface area contributed by atoms with Crippen molar-refractivity contribution in [1.29, 1.82) is 0 Å². The highest BCUT2D eigenvalue weighted by molar-refractivity contribution is 5.93. The lowest BCUT2D eigenvalue weighted by molar-refractivity contribution is -0.130. The van der Waals surface area contributed by atoms with Crippen LogP contribution in [0.25, 0.3) is 0 Å². The Kier molecular flexibility index (Phi) is 15.5. The van der Waals surface area contributed by atoms with Gasteiger partial charge in [-0.1, -0.05) is 91.0 Å². The van der Waals surface area contributed by atoms with Crippen molar-refractivity contribution in [3.8, 4) is 5.75 Å². The Balaban J connectivity index is 1.33. The molecule has 14 heteroatoms. The van der Waals surface area contributed by atoms with Crippen LogP contribution in [0.4, 0.5) is 9.59 Å². The van der Waals surface area contributed by atoms with Gasteiger partial charge in [-0.25, -0.2) is 14.4 Å². The van der Waals surface area contributed by atoms with Gasteiger partial charge in [0.2, 0.25) is 17.7 Å². The van der Waals surface area contributed by atoms with Gasteiger partial charge in [0, 0.05) is 12.8 Å². The molecule has 3 atom stereocenters. The van der Waals surface area contributed by atoms with Crippen LogP contribution in [0, 0.1) is 0 Å². The molecule has 0 fully saturated rings. The largest absolute Gasteiger partial charge is 0.445 e. The Morgan fingerprint density at radius 2 is 1.18 bits per heavy atom. The van der Waals surface area contributed by atoms with Gasteiger partial charge < -0.3 is 40.8 Å². The number of esters is 1. The van der Waals surface area contributed by atoms with E-state index in [0.29, 0.717) is 11.1 Å². The number of carbonyl (C=O) groups excluding carboxylic acids is 6. The fraction of sp³-hybridized carbons (Fsp3) is 0.286. The third-order valence-electron chi connectivity index (χ3n) is 7.89. The van der Waals surface area contributed by atoms with E-state index in [-0.39, 0.29) is 25.2 Å². The van der Waals surface area contributed by atoms with Gasteiger partial charge in [0.1, 0.15) is 36.2 Å². The Bertz CT molecular complexity index is 1920. The first-order chi connectivity index (χ1) is 26.7. The average molecular weight is 766 g/mol. The molecule has 56 heavy (non-hydrogen) atoms. The van der Waals surface area contributed by atoms with Gasteiger partial charge in [-0.2, -0.15) is 0 Å². The number of nitrogens with one attached hydrogen (secondary N) is 5. The molecule has 0 bridgehead atoms. The first-order valence-corrected chi connectivity index (χ1v) is 18.0.